The molecule has 0 bridgehead atoms. The van der Waals surface area contributed by atoms with Crippen LogP contribution in [0.1, 0.15) is 332 Å². The van der Waals surface area contributed by atoms with Gasteiger partial charge in [-0.25, -0.2) is 16.8 Å². The first-order chi connectivity index (χ1) is 38.9. The van der Waals surface area contributed by atoms with Crippen LogP contribution in [0.15, 0.2) is 70.5 Å². The molecule has 0 aliphatic carbocycles. The number of rotatable bonds is 50. The van der Waals surface area contributed by atoms with Gasteiger partial charge in [-0.3, -0.25) is 0 Å². The van der Waals surface area contributed by atoms with Crippen molar-refractivity contribution in [3.63, 3.8) is 0 Å². The third kappa shape index (κ3) is 36.3. The quantitative estimate of drug-likeness (QED) is 0.0247. The standard InChI is InChI=1S/2C36H60O3S.Ca/c2*1-3-5-7-9-11-13-15-17-19-21-23-25-32-27-28-34-29-33(31-36(35(34)30-32)40(37,38)39)26-24-22-20-18-16-14-12-10-8-6-4-2;/h2*27-31H,3-26H2,1-2H3,(H,37,38,39);/q;;+2/p-2. The van der Waals surface area contributed by atoms with E-state index in [4.69, 9.17) is 0 Å². The smallest absolute Gasteiger partial charge is 0.744 e. The third-order valence-corrected chi connectivity index (χ3v) is 18.6. The molecule has 9 heteroatoms. The molecule has 0 fully saturated rings. The topological polar surface area (TPSA) is 114 Å². The molecule has 0 heterocycles. The van der Waals surface area contributed by atoms with E-state index >= 15 is 0 Å². The van der Waals surface area contributed by atoms with Gasteiger partial charge in [0, 0.05) is 0 Å². The fourth-order valence-electron chi connectivity index (χ4n) is 11.8. The van der Waals surface area contributed by atoms with E-state index in [0.717, 1.165) is 97.2 Å². The maximum atomic E-state index is 12.2. The Bertz CT molecular complexity index is 2230. The van der Waals surface area contributed by atoms with E-state index in [1.54, 1.807) is 12.1 Å². The molecule has 0 saturated heterocycles. The van der Waals surface area contributed by atoms with E-state index in [9.17, 15) is 25.9 Å². The Morgan fingerprint density at radius 1 is 0.259 bits per heavy atom. The number of hydrogen-bond acceptors (Lipinski definition) is 6. The molecular formula is C72H118CaO6S2. The van der Waals surface area contributed by atoms with Crippen molar-refractivity contribution < 1.29 is 25.9 Å². The van der Waals surface area contributed by atoms with E-state index < -0.39 is 20.2 Å². The molecule has 0 aromatic heterocycles. The maximum absolute atomic E-state index is 12.2. The minimum atomic E-state index is -4.52. The molecule has 0 unspecified atom stereocenters. The van der Waals surface area contributed by atoms with Crippen molar-refractivity contribution >= 4 is 79.5 Å². The van der Waals surface area contributed by atoms with E-state index in [0.29, 0.717) is 10.8 Å². The van der Waals surface area contributed by atoms with Crippen LogP contribution < -0.4 is 0 Å². The Morgan fingerprint density at radius 2 is 0.457 bits per heavy atom. The van der Waals surface area contributed by atoms with Gasteiger partial charge in [-0.05, 0) is 119 Å². The summed E-state index contributed by atoms with van der Waals surface area (Å²) in [6, 6.07) is 19.6. The summed E-state index contributed by atoms with van der Waals surface area (Å²) in [5, 5.41) is 2.94. The first-order valence-electron chi connectivity index (χ1n) is 33.9. The van der Waals surface area contributed by atoms with Crippen LogP contribution in [0.4, 0.5) is 0 Å². The SMILES string of the molecule is CCCCCCCCCCCCCc1cc(S(=O)(=O)[O-])c2cc(CCCCCCCCCCCCC)ccc2c1.CCCCCCCCCCCCCc1cc(S(=O)(=O)[O-])c2cc(CCCCCCCCCCCCC)ccc2c1.[Ca+2]. The molecule has 4 aromatic carbocycles. The van der Waals surface area contributed by atoms with Gasteiger partial charge in [-0.1, -0.05) is 321 Å². The van der Waals surface area contributed by atoms with Crippen LogP contribution in [0.3, 0.4) is 0 Å². The molecule has 0 N–H and O–H groups in total. The Balaban J connectivity index is 0.000000547. The molecule has 0 amide bonds. The minimum absolute atomic E-state index is 0. The Morgan fingerprint density at radius 3 is 0.667 bits per heavy atom. The van der Waals surface area contributed by atoms with Crippen molar-refractivity contribution in [2.45, 2.75) is 346 Å². The van der Waals surface area contributed by atoms with Crippen molar-refractivity contribution in [2.24, 2.45) is 0 Å². The molecule has 0 spiro atoms. The second-order valence-corrected chi connectivity index (χ2v) is 27.0. The number of fused-ring (bicyclic) bond motifs is 2. The molecule has 0 aliphatic heterocycles. The molecule has 6 nitrogen and oxygen atoms in total. The molecule has 81 heavy (non-hydrogen) atoms. The predicted octanol–water partition coefficient (Wildman–Crippen LogP) is 22.5. The monoisotopic (exact) mass is 1180 g/mol. The number of hydrogen-bond donors (Lipinski definition) is 0. The molecule has 0 radical (unpaired) electrons. The van der Waals surface area contributed by atoms with Crippen LogP contribution in [0.5, 0.6) is 0 Å². The number of aryl methyl sites for hydroxylation is 4. The number of unbranched alkanes of at least 4 members (excludes halogenated alkanes) is 40. The summed E-state index contributed by atoms with van der Waals surface area (Å²) >= 11 is 0. The second kappa shape index (κ2) is 48.6. The van der Waals surface area contributed by atoms with Crippen molar-refractivity contribution in [3.05, 3.63) is 82.9 Å². The Kier molecular flexibility index (Phi) is 45.3. The zero-order valence-corrected chi connectivity index (χ0v) is 56.5. The van der Waals surface area contributed by atoms with Crippen LogP contribution in [0.2, 0.25) is 0 Å². The molecule has 4 aromatic rings. The first kappa shape index (κ1) is 75.6. The van der Waals surface area contributed by atoms with Crippen LogP contribution in [-0.4, -0.2) is 63.7 Å². The third-order valence-electron chi connectivity index (χ3n) is 16.9. The van der Waals surface area contributed by atoms with Gasteiger partial charge < -0.3 is 9.11 Å². The van der Waals surface area contributed by atoms with E-state index in [1.807, 2.05) is 24.3 Å². The number of benzene rings is 4. The summed E-state index contributed by atoms with van der Waals surface area (Å²) in [6.07, 6.45) is 60.8. The summed E-state index contributed by atoms with van der Waals surface area (Å²) in [6.45, 7) is 9.04. The van der Waals surface area contributed by atoms with Gasteiger partial charge in [0.05, 0.1) is 9.79 Å². The van der Waals surface area contributed by atoms with Gasteiger partial charge in [0.15, 0.2) is 0 Å². The van der Waals surface area contributed by atoms with Gasteiger partial charge in [0.1, 0.15) is 20.2 Å². The first-order valence-corrected chi connectivity index (χ1v) is 36.8. The average molecular weight is 1180 g/mol. The van der Waals surface area contributed by atoms with Gasteiger partial charge in [0.2, 0.25) is 0 Å². The zero-order valence-electron chi connectivity index (χ0n) is 52.7. The fraction of sp³-hybridized carbons (Fsp3) is 0.722. The summed E-state index contributed by atoms with van der Waals surface area (Å²) in [5.74, 6) is 0. The van der Waals surface area contributed by atoms with Crippen LogP contribution >= 0.6 is 0 Å². The van der Waals surface area contributed by atoms with Crippen LogP contribution in [0, 0.1) is 0 Å². The zero-order chi connectivity index (χ0) is 57.8. The summed E-state index contributed by atoms with van der Waals surface area (Å²) in [7, 11) is -9.04. The largest absolute Gasteiger partial charge is 2.00 e. The van der Waals surface area contributed by atoms with Crippen molar-refractivity contribution in [1.29, 1.82) is 0 Å². The van der Waals surface area contributed by atoms with Gasteiger partial charge >= 0.3 is 37.7 Å². The second-order valence-electron chi connectivity index (χ2n) is 24.3. The van der Waals surface area contributed by atoms with Gasteiger partial charge in [-0.2, -0.15) is 0 Å². The predicted molar refractivity (Wildman–Crippen MR) is 350 cm³/mol. The van der Waals surface area contributed by atoms with E-state index in [2.05, 4.69) is 52.0 Å². The molecular weight excluding hydrogens is 1060 g/mol. The van der Waals surface area contributed by atoms with Crippen molar-refractivity contribution in [2.75, 3.05) is 0 Å². The normalized spacial score (nSPS) is 11.8. The molecule has 0 aliphatic rings. The van der Waals surface area contributed by atoms with Crippen molar-refractivity contribution in [3.8, 4) is 0 Å². The maximum Gasteiger partial charge on any atom is 2.00 e. The summed E-state index contributed by atoms with van der Waals surface area (Å²) in [5.41, 5.74) is 4.20. The van der Waals surface area contributed by atoms with Crippen molar-refractivity contribution in [1.82, 2.24) is 0 Å². The Labute approximate surface area is 529 Å². The van der Waals surface area contributed by atoms with E-state index in [1.165, 1.54) is 244 Å². The molecule has 0 saturated carbocycles. The van der Waals surface area contributed by atoms with Crippen LogP contribution in [-0.2, 0) is 45.9 Å². The summed E-state index contributed by atoms with van der Waals surface area (Å²) < 4.78 is 73.0. The minimum Gasteiger partial charge on any atom is -0.744 e. The average Bonchev–Trinajstić information content (AvgIpc) is 3.48. The van der Waals surface area contributed by atoms with E-state index in [-0.39, 0.29) is 47.5 Å². The van der Waals surface area contributed by atoms with Gasteiger partial charge in [0.25, 0.3) is 0 Å². The fourth-order valence-corrected chi connectivity index (χ4v) is 13.3. The molecule has 4 rings (SSSR count). The Hall–Kier alpha value is -1.52. The summed E-state index contributed by atoms with van der Waals surface area (Å²) in [4.78, 5) is -0.0762. The van der Waals surface area contributed by atoms with Gasteiger partial charge in [-0.15, -0.1) is 0 Å². The van der Waals surface area contributed by atoms with Crippen LogP contribution in [0.25, 0.3) is 21.5 Å². The molecule has 0 atom stereocenters. The molecule has 456 valence electrons.